The van der Waals surface area contributed by atoms with E-state index in [-0.39, 0.29) is 0 Å². The monoisotopic (exact) mass is 358 g/mol. The van der Waals surface area contributed by atoms with Crippen LogP contribution in [0, 0.1) is 0 Å². The molecule has 26 heavy (non-hydrogen) atoms. The molecule has 1 aliphatic rings. The molecule has 0 unspecified atom stereocenters. The average Bonchev–Trinajstić information content (AvgIpc) is 2.80. The first-order chi connectivity index (χ1) is 12.3. The van der Waals surface area contributed by atoms with Gasteiger partial charge in [-0.1, -0.05) is 48.5 Å². The van der Waals surface area contributed by atoms with Crippen molar-refractivity contribution in [3.8, 4) is 16.9 Å². The number of hydrogen-bond donors (Lipinski definition) is 3. The van der Waals surface area contributed by atoms with Crippen molar-refractivity contribution in [2.75, 3.05) is 13.5 Å². The lowest BCUT2D eigenvalue weighted by Crippen LogP contribution is -2.44. The summed E-state index contributed by atoms with van der Waals surface area (Å²) in [7, 11) is 0. The van der Waals surface area contributed by atoms with Crippen LogP contribution in [0.3, 0.4) is 0 Å². The number of amides is 3. The molecule has 0 radical (unpaired) electrons. The van der Waals surface area contributed by atoms with E-state index in [9.17, 15) is 14.7 Å². The van der Waals surface area contributed by atoms with Crippen molar-refractivity contribution in [3.63, 3.8) is 0 Å². The van der Waals surface area contributed by atoms with Gasteiger partial charge >= 0.3 is 6.03 Å². The lowest BCUT2D eigenvalue weighted by Gasteiger charge is -2.24. The molecule has 3 amide bonds. The topological polar surface area (TPSA) is 101 Å². The molecule has 0 aliphatic carbocycles. The molecule has 0 spiro atoms. The highest BCUT2D eigenvalue weighted by atomic mass is 16.3. The highest BCUT2D eigenvalue weighted by Gasteiger charge is 2.50. The van der Waals surface area contributed by atoms with E-state index in [1.54, 1.807) is 6.07 Å². The van der Waals surface area contributed by atoms with Gasteiger partial charge < -0.3 is 15.3 Å². The molecule has 1 heterocycles. The van der Waals surface area contributed by atoms with E-state index in [2.05, 4.69) is 0 Å². The molecule has 1 saturated heterocycles. The standard InChI is InChI=1S/C12H10O.C7H12N2O4/c13-12-9-5-4-8-11(12)10-6-2-1-3-7-10;1-7(2)5(12)8(3-10)6(13)9(7)4-11/h1-9,13H;10-11H,3-4H2,1-2H3. The fourth-order valence-corrected chi connectivity index (χ4v) is 2.61. The third kappa shape index (κ3) is 3.68. The summed E-state index contributed by atoms with van der Waals surface area (Å²) < 4.78 is 0. The second-order valence-corrected chi connectivity index (χ2v) is 6.17. The maximum absolute atomic E-state index is 11.4. The minimum Gasteiger partial charge on any atom is -0.507 e. The van der Waals surface area contributed by atoms with Gasteiger partial charge in [-0.15, -0.1) is 0 Å². The Balaban J connectivity index is 0.000000187. The third-order valence-corrected chi connectivity index (χ3v) is 4.18. The number of imide groups is 1. The smallest absolute Gasteiger partial charge is 0.331 e. The molecule has 2 aromatic rings. The minimum absolute atomic E-state index is 0.328. The first kappa shape index (κ1) is 19.4. The summed E-state index contributed by atoms with van der Waals surface area (Å²) in [6, 6.07) is 16.5. The Morgan fingerprint density at radius 2 is 1.46 bits per heavy atom. The fraction of sp³-hybridized carbons (Fsp3) is 0.263. The number of carbonyl (C=O) groups excluding carboxylic acids is 2. The number of aromatic hydroxyl groups is 1. The number of phenols is 1. The molecule has 1 fully saturated rings. The zero-order valence-corrected chi connectivity index (χ0v) is 14.7. The van der Waals surface area contributed by atoms with Gasteiger partial charge in [-0.2, -0.15) is 0 Å². The van der Waals surface area contributed by atoms with Gasteiger partial charge in [0, 0.05) is 5.56 Å². The maximum Gasteiger partial charge on any atom is 0.331 e. The van der Waals surface area contributed by atoms with Crippen molar-refractivity contribution >= 4 is 11.9 Å². The van der Waals surface area contributed by atoms with Crippen molar-refractivity contribution in [2.45, 2.75) is 19.4 Å². The second kappa shape index (κ2) is 7.99. The maximum atomic E-state index is 11.4. The van der Waals surface area contributed by atoms with Gasteiger partial charge in [0.05, 0.1) is 0 Å². The highest BCUT2D eigenvalue weighted by molar-refractivity contribution is 6.06. The summed E-state index contributed by atoms with van der Waals surface area (Å²) in [5.41, 5.74) is 0.845. The molecule has 0 atom stereocenters. The lowest BCUT2D eigenvalue weighted by atomic mass is 10.1. The van der Waals surface area contributed by atoms with Crippen LogP contribution in [0.25, 0.3) is 11.1 Å². The average molecular weight is 358 g/mol. The van der Waals surface area contributed by atoms with Gasteiger partial charge in [0.25, 0.3) is 5.91 Å². The van der Waals surface area contributed by atoms with E-state index in [0.29, 0.717) is 10.6 Å². The van der Waals surface area contributed by atoms with Gasteiger partial charge in [0.15, 0.2) is 0 Å². The van der Waals surface area contributed by atoms with Gasteiger partial charge in [-0.05, 0) is 25.5 Å². The van der Waals surface area contributed by atoms with Gasteiger partial charge in [0.1, 0.15) is 24.8 Å². The van der Waals surface area contributed by atoms with Crippen LogP contribution >= 0.6 is 0 Å². The van der Waals surface area contributed by atoms with E-state index in [0.717, 1.165) is 16.0 Å². The van der Waals surface area contributed by atoms with Crippen molar-refractivity contribution in [3.05, 3.63) is 54.6 Å². The molecule has 138 valence electrons. The fourth-order valence-electron chi connectivity index (χ4n) is 2.61. The van der Waals surface area contributed by atoms with E-state index in [1.165, 1.54) is 13.8 Å². The molecule has 7 nitrogen and oxygen atoms in total. The van der Waals surface area contributed by atoms with E-state index < -0.39 is 30.9 Å². The van der Waals surface area contributed by atoms with Crippen LogP contribution in [0.1, 0.15) is 13.8 Å². The number of benzene rings is 2. The van der Waals surface area contributed by atoms with Crippen LogP contribution in [0.15, 0.2) is 54.6 Å². The number of phenolic OH excluding ortho intramolecular Hbond substituents is 1. The Morgan fingerprint density at radius 3 is 1.92 bits per heavy atom. The van der Waals surface area contributed by atoms with Crippen molar-refractivity contribution in [1.29, 1.82) is 0 Å². The predicted octanol–water partition coefficient (Wildman–Crippen LogP) is 1.99. The second-order valence-electron chi connectivity index (χ2n) is 6.17. The van der Waals surface area contributed by atoms with Crippen LogP contribution in [0.4, 0.5) is 4.79 Å². The van der Waals surface area contributed by atoms with Gasteiger partial charge in [0.2, 0.25) is 0 Å². The van der Waals surface area contributed by atoms with Gasteiger partial charge in [-0.3, -0.25) is 9.69 Å². The number of hydrogen-bond acceptors (Lipinski definition) is 5. The summed E-state index contributed by atoms with van der Waals surface area (Å²) in [5.74, 6) is -0.178. The molecular formula is C19H22N2O5. The van der Waals surface area contributed by atoms with Crippen LogP contribution in [0.2, 0.25) is 0 Å². The van der Waals surface area contributed by atoms with Crippen molar-refractivity contribution < 1.29 is 24.9 Å². The van der Waals surface area contributed by atoms with Crippen molar-refractivity contribution in [1.82, 2.24) is 9.80 Å². The first-order valence-electron chi connectivity index (χ1n) is 8.03. The molecule has 2 aromatic carbocycles. The SMILES string of the molecule is CC1(C)C(=O)N(CO)C(=O)N1CO.Oc1ccccc1-c1ccccc1. The lowest BCUT2D eigenvalue weighted by molar-refractivity contribution is -0.134. The Hall–Kier alpha value is -2.90. The van der Waals surface area contributed by atoms with Crippen molar-refractivity contribution in [2.24, 2.45) is 0 Å². The molecule has 3 N–H and O–H groups in total. The van der Waals surface area contributed by atoms with Crippen LogP contribution in [0.5, 0.6) is 5.75 Å². The largest absolute Gasteiger partial charge is 0.507 e. The molecule has 0 aromatic heterocycles. The summed E-state index contributed by atoms with van der Waals surface area (Å²) in [6.45, 7) is 1.84. The van der Waals surface area contributed by atoms with Crippen LogP contribution in [-0.2, 0) is 4.79 Å². The quantitative estimate of drug-likeness (QED) is 0.729. The zero-order valence-electron chi connectivity index (χ0n) is 14.7. The zero-order chi connectivity index (χ0) is 19.3. The molecule has 7 heteroatoms. The number of urea groups is 1. The molecular weight excluding hydrogens is 336 g/mol. The van der Waals surface area contributed by atoms with Crippen LogP contribution in [-0.4, -0.2) is 56.1 Å². The molecule has 3 rings (SSSR count). The van der Waals surface area contributed by atoms with Crippen LogP contribution < -0.4 is 0 Å². The number of aliphatic hydroxyl groups is 2. The Kier molecular flexibility index (Phi) is 5.97. The number of carbonyl (C=O) groups is 2. The van der Waals surface area contributed by atoms with Gasteiger partial charge in [-0.25, -0.2) is 9.69 Å². The molecule has 1 aliphatic heterocycles. The summed E-state index contributed by atoms with van der Waals surface area (Å²) in [5, 5.41) is 27.1. The summed E-state index contributed by atoms with van der Waals surface area (Å²) in [6.07, 6.45) is 0. The Bertz CT molecular complexity index is 777. The van der Waals surface area contributed by atoms with E-state index in [4.69, 9.17) is 10.2 Å². The predicted molar refractivity (Wildman–Crippen MR) is 95.9 cm³/mol. The molecule has 0 saturated carbocycles. The number of rotatable bonds is 3. The molecule has 0 bridgehead atoms. The van der Waals surface area contributed by atoms with E-state index >= 15 is 0 Å². The normalized spacial score (nSPS) is 15.7. The Morgan fingerprint density at radius 1 is 0.885 bits per heavy atom. The first-order valence-corrected chi connectivity index (χ1v) is 8.03. The third-order valence-electron chi connectivity index (χ3n) is 4.18. The summed E-state index contributed by atoms with van der Waals surface area (Å²) >= 11 is 0. The number of aliphatic hydroxyl groups excluding tert-OH is 2. The minimum atomic E-state index is -1.07. The highest BCUT2D eigenvalue weighted by Crippen LogP contribution is 2.28. The number of nitrogens with zero attached hydrogens (tertiary/aromatic N) is 2. The summed E-state index contributed by atoms with van der Waals surface area (Å²) in [4.78, 5) is 24.4. The number of para-hydroxylation sites is 1. The van der Waals surface area contributed by atoms with E-state index in [1.807, 2.05) is 48.5 Å². The Labute approximate surface area is 151 Å².